The zero-order valence-corrected chi connectivity index (χ0v) is 20.4. The molecule has 4 rings (SSSR count). The van der Waals surface area contributed by atoms with Gasteiger partial charge in [-0.3, -0.25) is 8.98 Å². The molecule has 0 saturated carbocycles. The van der Waals surface area contributed by atoms with Crippen molar-refractivity contribution in [3.8, 4) is 12.3 Å². The van der Waals surface area contributed by atoms with Gasteiger partial charge in [0.15, 0.2) is 0 Å². The van der Waals surface area contributed by atoms with Crippen molar-refractivity contribution in [3.63, 3.8) is 0 Å². The number of nitrogens with zero attached hydrogens (tertiary/aromatic N) is 2. The molecule has 180 valence electrons. The number of aromatic nitrogens is 2. The highest BCUT2D eigenvalue weighted by atomic mass is 32.2. The summed E-state index contributed by atoms with van der Waals surface area (Å²) in [6, 6.07) is 9.68. The smallest absolute Gasteiger partial charge is 0.333 e. The number of hydrogen-bond acceptors (Lipinski definition) is 8. The van der Waals surface area contributed by atoms with Crippen molar-refractivity contribution in [2.45, 2.75) is 25.7 Å². The van der Waals surface area contributed by atoms with Crippen molar-refractivity contribution in [2.24, 2.45) is 11.1 Å². The van der Waals surface area contributed by atoms with E-state index in [0.29, 0.717) is 35.5 Å². The molecule has 0 radical (unpaired) electrons. The summed E-state index contributed by atoms with van der Waals surface area (Å²) in [4.78, 5) is 22.2. The molecule has 35 heavy (non-hydrogen) atoms. The van der Waals surface area contributed by atoms with E-state index in [9.17, 15) is 13.2 Å². The highest BCUT2D eigenvalue weighted by Gasteiger charge is 2.21. The number of terminal acetylenes is 1. The third-order valence-corrected chi connectivity index (χ3v) is 7.05. The van der Waals surface area contributed by atoms with Crippen molar-refractivity contribution in [1.29, 1.82) is 0 Å². The van der Waals surface area contributed by atoms with E-state index >= 15 is 0 Å². The molecule has 0 amide bonds. The van der Waals surface area contributed by atoms with Gasteiger partial charge in [0.2, 0.25) is 5.78 Å². The van der Waals surface area contributed by atoms with Gasteiger partial charge in [-0.15, -0.1) is 17.8 Å². The molecular weight excluding hydrogens is 484 g/mol. The first-order valence-electron chi connectivity index (χ1n) is 10.9. The van der Waals surface area contributed by atoms with Gasteiger partial charge in [0.25, 0.3) is 0 Å². The summed E-state index contributed by atoms with van der Waals surface area (Å²) in [7, 11) is -3.94. The number of nitrogens with one attached hydrogen (secondary N) is 1. The largest absolute Gasteiger partial charge is 0.343 e. The Bertz CT molecular complexity index is 1410. The van der Waals surface area contributed by atoms with Gasteiger partial charge in [0.05, 0.1) is 17.0 Å². The van der Waals surface area contributed by atoms with Gasteiger partial charge in [-0.25, -0.2) is 15.1 Å². The second-order valence-electron chi connectivity index (χ2n) is 8.23. The van der Waals surface area contributed by atoms with Crippen molar-refractivity contribution in [3.05, 3.63) is 87.1 Å². The molecule has 3 aromatic rings. The number of benzene rings is 1. The maximum atomic E-state index is 13.3. The van der Waals surface area contributed by atoms with Gasteiger partial charge >= 0.3 is 10.3 Å². The van der Waals surface area contributed by atoms with Crippen molar-refractivity contribution >= 4 is 33.2 Å². The highest BCUT2D eigenvalue weighted by Crippen LogP contribution is 2.28. The number of carbonyl (C=O) groups excluding carboxylic acids is 1. The van der Waals surface area contributed by atoms with Crippen LogP contribution in [0.4, 0.5) is 5.82 Å². The maximum absolute atomic E-state index is 13.3. The average molecular weight is 509 g/mol. The Hall–Kier alpha value is -3.36. The summed E-state index contributed by atoms with van der Waals surface area (Å²) in [6.45, 7) is 0.0492. The summed E-state index contributed by atoms with van der Waals surface area (Å²) >= 11 is 1.38. The van der Waals surface area contributed by atoms with E-state index in [-0.39, 0.29) is 18.3 Å². The molecule has 1 atom stereocenters. The minimum absolute atomic E-state index is 0.0492. The number of carbonyl (C=O) groups is 1. The molecule has 2 heterocycles. The van der Waals surface area contributed by atoms with Crippen LogP contribution in [0.3, 0.4) is 0 Å². The quantitative estimate of drug-likeness (QED) is 0.334. The molecular formula is C25H24N4O4S2. The Balaban J connectivity index is 1.43. The van der Waals surface area contributed by atoms with E-state index < -0.39 is 10.3 Å². The lowest BCUT2D eigenvalue weighted by atomic mass is 9.93. The lowest BCUT2D eigenvalue weighted by Gasteiger charge is -2.22. The highest BCUT2D eigenvalue weighted by molar-refractivity contribution is 7.84. The third kappa shape index (κ3) is 6.83. The Kier molecular flexibility index (Phi) is 7.73. The van der Waals surface area contributed by atoms with Gasteiger partial charge in [-0.05, 0) is 66.3 Å². The van der Waals surface area contributed by atoms with Crippen LogP contribution in [-0.4, -0.2) is 30.8 Å². The fraction of sp³-hybridized carbons (Fsp3) is 0.240. The molecule has 2 aromatic heterocycles. The van der Waals surface area contributed by atoms with Gasteiger partial charge in [0.1, 0.15) is 12.1 Å². The molecule has 10 heteroatoms. The van der Waals surface area contributed by atoms with Crippen LogP contribution in [0.1, 0.15) is 51.2 Å². The Morgan fingerprint density at radius 3 is 2.91 bits per heavy atom. The van der Waals surface area contributed by atoms with Crippen molar-refractivity contribution < 1.29 is 17.4 Å². The molecule has 1 aliphatic rings. The molecule has 8 nitrogen and oxygen atoms in total. The zero-order valence-electron chi connectivity index (χ0n) is 18.8. The SMILES string of the molecule is C#Cc1cccc(Cc2csc(C(=O)c3cncnc3NC3=CC[C@@H](COS(N)(=O)=O)CC3)c2)c1. The number of allylic oxidation sites excluding steroid dienone is 2. The van der Waals surface area contributed by atoms with Crippen LogP contribution in [0.15, 0.2) is 60.0 Å². The standard InChI is InChI=1S/C25H24N4O4S2/c1-2-17-4-3-5-19(10-17)11-20-12-23(34-15-20)24(30)22-13-27-16-28-25(22)29-21-8-6-18(7-9-21)14-33-35(26,31)32/h1,3-5,8,10,12-13,15-16,18H,6-7,9,11,14H2,(H2,26,31,32)(H,27,28,29)/t18-/m1/s1. The topological polar surface area (TPSA) is 124 Å². The molecule has 0 unspecified atom stereocenters. The number of hydrogen-bond donors (Lipinski definition) is 2. The fourth-order valence-corrected chi connectivity index (χ4v) is 5.07. The van der Waals surface area contributed by atoms with Gasteiger partial charge < -0.3 is 5.32 Å². The molecule has 0 fully saturated rings. The Morgan fingerprint density at radius 1 is 1.31 bits per heavy atom. The van der Waals surface area contributed by atoms with E-state index in [1.165, 1.54) is 23.9 Å². The van der Waals surface area contributed by atoms with E-state index in [2.05, 4.69) is 21.2 Å². The molecule has 1 aromatic carbocycles. The molecule has 1 aliphatic carbocycles. The van der Waals surface area contributed by atoms with E-state index in [1.807, 2.05) is 41.8 Å². The number of anilines is 1. The predicted octanol–water partition coefficient (Wildman–Crippen LogP) is 3.66. The molecule has 0 bridgehead atoms. The molecule has 3 N–H and O–H groups in total. The molecule has 0 saturated heterocycles. The lowest BCUT2D eigenvalue weighted by molar-refractivity contribution is 0.104. The maximum Gasteiger partial charge on any atom is 0.333 e. The number of rotatable bonds is 9. The molecule has 0 aliphatic heterocycles. The van der Waals surface area contributed by atoms with Crippen LogP contribution in [0.5, 0.6) is 0 Å². The van der Waals surface area contributed by atoms with Crippen LogP contribution in [0.25, 0.3) is 0 Å². The van der Waals surface area contributed by atoms with E-state index in [4.69, 9.17) is 15.7 Å². The first-order valence-corrected chi connectivity index (χ1v) is 13.3. The second kappa shape index (κ2) is 10.9. The zero-order chi connectivity index (χ0) is 24.8. The third-order valence-electron chi connectivity index (χ3n) is 5.60. The summed E-state index contributed by atoms with van der Waals surface area (Å²) < 4.78 is 26.7. The van der Waals surface area contributed by atoms with E-state index in [1.54, 1.807) is 0 Å². The number of ketones is 1. The second-order valence-corrected chi connectivity index (χ2v) is 10.4. The normalized spacial score (nSPS) is 15.8. The number of thiophene rings is 1. The molecule has 0 spiro atoms. The van der Waals surface area contributed by atoms with Crippen LogP contribution < -0.4 is 10.5 Å². The summed E-state index contributed by atoms with van der Waals surface area (Å²) in [6.07, 6.45) is 13.0. The average Bonchev–Trinajstić information content (AvgIpc) is 3.31. The Morgan fingerprint density at radius 2 is 2.17 bits per heavy atom. The van der Waals surface area contributed by atoms with Crippen LogP contribution in [0, 0.1) is 18.3 Å². The summed E-state index contributed by atoms with van der Waals surface area (Å²) in [5.41, 5.74) is 4.23. The monoisotopic (exact) mass is 508 g/mol. The van der Waals surface area contributed by atoms with Crippen LogP contribution >= 0.6 is 11.3 Å². The first-order chi connectivity index (χ1) is 16.8. The van der Waals surface area contributed by atoms with Crippen LogP contribution in [0.2, 0.25) is 0 Å². The van der Waals surface area contributed by atoms with E-state index in [0.717, 1.165) is 28.8 Å². The van der Waals surface area contributed by atoms with Gasteiger partial charge in [0, 0.05) is 17.5 Å². The van der Waals surface area contributed by atoms with Crippen molar-refractivity contribution in [1.82, 2.24) is 9.97 Å². The Labute approximate surface area is 208 Å². The fourth-order valence-electron chi connectivity index (χ4n) is 3.82. The predicted molar refractivity (Wildman–Crippen MR) is 135 cm³/mol. The minimum atomic E-state index is -3.94. The van der Waals surface area contributed by atoms with Gasteiger partial charge in [-0.2, -0.15) is 8.42 Å². The van der Waals surface area contributed by atoms with Gasteiger partial charge in [-0.1, -0.05) is 24.1 Å². The summed E-state index contributed by atoms with van der Waals surface area (Å²) in [5, 5.41) is 10.1. The number of nitrogens with two attached hydrogens (primary N) is 1. The lowest BCUT2D eigenvalue weighted by Crippen LogP contribution is -2.22. The van der Waals surface area contributed by atoms with Crippen LogP contribution in [-0.2, 0) is 20.9 Å². The minimum Gasteiger partial charge on any atom is -0.343 e. The van der Waals surface area contributed by atoms with Crippen molar-refractivity contribution in [2.75, 3.05) is 11.9 Å². The summed E-state index contributed by atoms with van der Waals surface area (Å²) in [5.74, 6) is 2.97. The first kappa shape index (κ1) is 24.8.